The minimum Gasteiger partial charge on any atom is -1.00 e. The van der Waals surface area contributed by atoms with Gasteiger partial charge in [-0.3, -0.25) is 4.79 Å². The molecule has 0 bridgehead atoms. The number of aliphatic hydroxyl groups excluding tert-OH is 1. The molecule has 0 heterocycles. The zero-order valence-electron chi connectivity index (χ0n) is 8.33. The SMILES string of the molecule is C[N+](C)(C)CCO.NCC(=O)O.[Cl-]. The van der Waals surface area contributed by atoms with Gasteiger partial charge in [-0.05, 0) is 0 Å². The number of nitrogens with two attached hydrogens (primary N) is 1. The highest BCUT2D eigenvalue weighted by Gasteiger charge is 2.02. The molecule has 13 heavy (non-hydrogen) atoms. The molecule has 0 amide bonds. The van der Waals surface area contributed by atoms with E-state index in [-0.39, 0.29) is 25.6 Å². The molecule has 82 valence electrons. The van der Waals surface area contributed by atoms with Gasteiger partial charge in [-0.1, -0.05) is 0 Å². The van der Waals surface area contributed by atoms with Crippen LogP contribution in [0.3, 0.4) is 0 Å². The van der Waals surface area contributed by atoms with Gasteiger partial charge in [0.15, 0.2) is 0 Å². The van der Waals surface area contributed by atoms with Gasteiger partial charge in [-0.15, -0.1) is 0 Å². The van der Waals surface area contributed by atoms with Crippen molar-refractivity contribution in [3.63, 3.8) is 0 Å². The van der Waals surface area contributed by atoms with Crippen LogP contribution in [0.15, 0.2) is 0 Å². The highest BCUT2D eigenvalue weighted by Crippen LogP contribution is 1.84. The molecule has 6 heteroatoms. The van der Waals surface area contributed by atoms with Crippen LogP contribution < -0.4 is 18.1 Å². The Labute approximate surface area is 85.1 Å². The van der Waals surface area contributed by atoms with Crippen molar-refractivity contribution in [3.05, 3.63) is 0 Å². The smallest absolute Gasteiger partial charge is 0.317 e. The van der Waals surface area contributed by atoms with Crippen molar-refractivity contribution in [3.8, 4) is 0 Å². The largest absolute Gasteiger partial charge is 1.00 e. The number of likely N-dealkylation sites (N-methyl/N-ethyl adjacent to an activating group) is 1. The lowest BCUT2D eigenvalue weighted by atomic mass is 10.5. The molecule has 0 aromatic rings. The molecule has 0 unspecified atom stereocenters. The number of hydrogen-bond acceptors (Lipinski definition) is 3. The van der Waals surface area contributed by atoms with Crippen molar-refractivity contribution >= 4 is 5.97 Å². The number of nitrogens with zero attached hydrogens (tertiary/aromatic N) is 1. The molecule has 0 aliphatic rings. The monoisotopic (exact) mass is 214 g/mol. The Balaban J connectivity index is -0.000000150. The topological polar surface area (TPSA) is 83.5 Å². The summed E-state index contributed by atoms with van der Waals surface area (Å²) in [4.78, 5) is 9.24. The van der Waals surface area contributed by atoms with E-state index < -0.39 is 5.97 Å². The molecule has 0 aromatic heterocycles. The minimum atomic E-state index is -0.968. The van der Waals surface area contributed by atoms with E-state index in [2.05, 4.69) is 26.9 Å². The number of halogens is 1. The Hall–Kier alpha value is -0.360. The summed E-state index contributed by atoms with van der Waals surface area (Å²) >= 11 is 0. The zero-order chi connectivity index (χ0) is 10.2. The maximum atomic E-state index is 9.24. The molecule has 0 aliphatic carbocycles. The summed E-state index contributed by atoms with van der Waals surface area (Å²) in [5.74, 6) is -0.968. The van der Waals surface area contributed by atoms with E-state index in [1.54, 1.807) is 0 Å². The summed E-state index contributed by atoms with van der Waals surface area (Å²) in [6, 6.07) is 0. The van der Waals surface area contributed by atoms with Gasteiger partial charge in [0.1, 0.15) is 6.54 Å². The summed E-state index contributed by atoms with van der Waals surface area (Å²) in [5, 5.41) is 16.0. The van der Waals surface area contributed by atoms with Gasteiger partial charge in [0.25, 0.3) is 0 Å². The van der Waals surface area contributed by atoms with Gasteiger partial charge >= 0.3 is 5.97 Å². The van der Waals surface area contributed by atoms with Crippen molar-refractivity contribution in [2.45, 2.75) is 0 Å². The van der Waals surface area contributed by atoms with Crippen LogP contribution in [0.25, 0.3) is 0 Å². The van der Waals surface area contributed by atoms with Gasteiger partial charge in [0, 0.05) is 0 Å². The van der Waals surface area contributed by atoms with Gasteiger partial charge in [-0.2, -0.15) is 0 Å². The zero-order valence-corrected chi connectivity index (χ0v) is 9.08. The minimum absolute atomic E-state index is 0. The normalized spacial score (nSPS) is 9.31. The number of aliphatic carboxylic acids is 1. The molecular weight excluding hydrogens is 196 g/mol. The van der Waals surface area contributed by atoms with Crippen LogP contribution >= 0.6 is 0 Å². The molecule has 0 radical (unpaired) electrons. The van der Waals surface area contributed by atoms with Crippen LogP contribution in [0.5, 0.6) is 0 Å². The van der Waals surface area contributed by atoms with Crippen LogP contribution in [0, 0.1) is 0 Å². The molecule has 5 nitrogen and oxygen atoms in total. The number of carboxylic acid groups (broad SMARTS) is 1. The molecular formula is C7H19ClN2O3. The number of carbonyl (C=O) groups is 1. The highest BCUT2D eigenvalue weighted by atomic mass is 35.5. The first kappa shape index (κ1) is 18.4. The van der Waals surface area contributed by atoms with Gasteiger partial charge in [-0.25, -0.2) is 0 Å². The standard InChI is InChI=1S/C5H14NO.C2H5NO2.ClH/c1-6(2,3)4-5-7;3-1-2(4)5;/h7H,4-5H2,1-3H3;1,3H2,(H,4,5);1H/q+1;;/p-1. The Morgan fingerprint density at radius 2 is 1.69 bits per heavy atom. The van der Waals surface area contributed by atoms with Crippen LogP contribution in [0.4, 0.5) is 0 Å². The van der Waals surface area contributed by atoms with E-state index in [0.29, 0.717) is 0 Å². The number of carboxylic acids is 1. The van der Waals surface area contributed by atoms with Crippen LogP contribution in [-0.4, -0.2) is 61.5 Å². The van der Waals surface area contributed by atoms with E-state index in [1.165, 1.54) is 0 Å². The third-order valence-electron chi connectivity index (χ3n) is 0.945. The maximum absolute atomic E-state index is 9.24. The lowest BCUT2D eigenvalue weighted by Gasteiger charge is -2.21. The molecule has 0 atom stereocenters. The quantitative estimate of drug-likeness (QED) is 0.416. The van der Waals surface area contributed by atoms with Crippen molar-refractivity contribution < 1.29 is 31.9 Å². The summed E-state index contributed by atoms with van der Waals surface area (Å²) in [5.41, 5.74) is 4.57. The summed E-state index contributed by atoms with van der Waals surface area (Å²) in [6.45, 7) is 0.837. The Bertz CT molecular complexity index is 125. The third-order valence-corrected chi connectivity index (χ3v) is 0.945. The van der Waals surface area contributed by atoms with Gasteiger partial charge < -0.3 is 32.8 Å². The van der Waals surface area contributed by atoms with Gasteiger partial charge in [0.2, 0.25) is 0 Å². The molecule has 0 saturated carbocycles. The van der Waals surface area contributed by atoms with E-state index in [4.69, 9.17) is 10.2 Å². The molecule has 0 saturated heterocycles. The third kappa shape index (κ3) is 34.0. The van der Waals surface area contributed by atoms with Crippen LogP contribution in [-0.2, 0) is 4.79 Å². The Morgan fingerprint density at radius 3 is 1.69 bits per heavy atom. The summed E-state index contributed by atoms with van der Waals surface area (Å²) in [6.07, 6.45) is 0. The molecule has 0 fully saturated rings. The van der Waals surface area contributed by atoms with Crippen molar-refractivity contribution in [2.24, 2.45) is 5.73 Å². The summed E-state index contributed by atoms with van der Waals surface area (Å²) in [7, 11) is 6.16. The molecule has 0 aliphatic heterocycles. The molecule has 0 rings (SSSR count). The predicted octanol–water partition coefficient (Wildman–Crippen LogP) is -4.28. The highest BCUT2D eigenvalue weighted by molar-refractivity contribution is 5.68. The number of quaternary nitrogens is 1. The second-order valence-corrected chi connectivity index (χ2v) is 3.34. The van der Waals surface area contributed by atoms with Crippen LogP contribution in [0.2, 0.25) is 0 Å². The second-order valence-electron chi connectivity index (χ2n) is 3.34. The predicted molar refractivity (Wildman–Crippen MR) is 46.7 cm³/mol. The first-order valence-electron chi connectivity index (χ1n) is 3.66. The van der Waals surface area contributed by atoms with E-state index in [0.717, 1.165) is 11.0 Å². The lowest BCUT2D eigenvalue weighted by Crippen LogP contribution is -3.00. The van der Waals surface area contributed by atoms with Crippen LogP contribution in [0.1, 0.15) is 0 Å². The molecule has 0 spiro atoms. The molecule has 4 N–H and O–H groups in total. The average molecular weight is 215 g/mol. The first-order chi connectivity index (χ1) is 5.33. The Kier molecular flexibility index (Phi) is 13.8. The van der Waals surface area contributed by atoms with Gasteiger partial charge in [0.05, 0.1) is 34.3 Å². The van der Waals surface area contributed by atoms with E-state index >= 15 is 0 Å². The fourth-order valence-electron chi connectivity index (χ4n) is 0.300. The number of rotatable bonds is 3. The van der Waals surface area contributed by atoms with Crippen molar-refractivity contribution in [1.82, 2.24) is 0 Å². The number of aliphatic hydroxyl groups is 1. The maximum Gasteiger partial charge on any atom is 0.317 e. The van der Waals surface area contributed by atoms with E-state index in [1.807, 2.05) is 0 Å². The lowest BCUT2D eigenvalue weighted by molar-refractivity contribution is -0.870. The summed E-state index contributed by atoms with van der Waals surface area (Å²) < 4.78 is 0.844. The van der Waals surface area contributed by atoms with Crippen molar-refractivity contribution in [1.29, 1.82) is 0 Å². The van der Waals surface area contributed by atoms with Crippen molar-refractivity contribution in [2.75, 3.05) is 40.8 Å². The fraction of sp³-hybridized carbons (Fsp3) is 0.857. The first-order valence-corrected chi connectivity index (χ1v) is 3.66. The Morgan fingerprint density at radius 1 is 1.38 bits per heavy atom. The number of hydrogen-bond donors (Lipinski definition) is 3. The average Bonchev–Trinajstić information content (AvgIpc) is 1.86. The molecule has 0 aromatic carbocycles. The van der Waals surface area contributed by atoms with E-state index in [9.17, 15) is 4.79 Å². The second kappa shape index (κ2) is 9.73. The fourth-order valence-corrected chi connectivity index (χ4v) is 0.300.